The largest absolute Gasteiger partial charge is 0.296 e. The molecule has 0 aliphatic rings. The first kappa shape index (κ1) is 18.4. The van der Waals surface area contributed by atoms with Crippen LogP contribution in [0, 0.1) is 5.82 Å². The van der Waals surface area contributed by atoms with Gasteiger partial charge in [-0.25, -0.2) is 4.39 Å². The molecule has 0 spiro atoms. The molecule has 9 heteroatoms. The van der Waals surface area contributed by atoms with Crippen LogP contribution in [0.15, 0.2) is 53.4 Å². The first-order valence-corrected chi connectivity index (χ1v) is 9.12. The highest BCUT2D eigenvalue weighted by atomic mass is 32.2. The van der Waals surface area contributed by atoms with Crippen molar-refractivity contribution in [2.24, 2.45) is 0 Å². The third kappa shape index (κ3) is 5.06. The monoisotopic (exact) mass is 395 g/mol. The molecular formula is C17H12F3N3OS2. The average Bonchev–Trinajstić information content (AvgIpc) is 3.02. The van der Waals surface area contributed by atoms with Gasteiger partial charge in [0.05, 0.1) is 0 Å². The van der Waals surface area contributed by atoms with Crippen LogP contribution >= 0.6 is 23.1 Å². The minimum Gasteiger partial charge on any atom is -0.296 e. The summed E-state index contributed by atoms with van der Waals surface area (Å²) in [5, 5.41) is 11.4. The molecular weight excluding hydrogens is 383 g/mol. The first-order chi connectivity index (χ1) is 12.5. The second-order valence-electron chi connectivity index (χ2n) is 5.16. The maximum absolute atomic E-state index is 13.2. The van der Waals surface area contributed by atoms with Crippen LogP contribution < -0.4 is 5.32 Å². The van der Waals surface area contributed by atoms with Gasteiger partial charge in [-0.2, -0.15) is 8.78 Å². The summed E-state index contributed by atoms with van der Waals surface area (Å²) < 4.78 is 37.8. The molecule has 1 N–H and O–H groups in total. The van der Waals surface area contributed by atoms with Gasteiger partial charge in [0.2, 0.25) is 5.13 Å². The molecule has 0 fully saturated rings. The fraction of sp³-hybridized carbons (Fsp3) is 0.118. The van der Waals surface area contributed by atoms with Gasteiger partial charge in [-0.05, 0) is 42.0 Å². The lowest BCUT2D eigenvalue weighted by molar-refractivity contribution is 0.102. The molecule has 26 heavy (non-hydrogen) atoms. The van der Waals surface area contributed by atoms with Crippen LogP contribution in [0.1, 0.15) is 20.9 Å². The van der Waals surface area contributed by atoms with E-state index in [0.717, 1.165) is 5.56 Å². The Morgan fingerprint density at radius 3 is 2.62 bits per heavy atom. The molecule has 3 rings (SSSR count). The van der Waals surface area contributed by atoms with Gasteiger partial charge in [0.1, 0.15) is 10.8 Å². The van der Waals surface area contributed by atoms with E-state index >= 15 is 0 Å². The number of hydrogen-bond donors (Lipinski definition) is 1. The number of thioether (sulfide) groups is 1. The number of anilines is 1. The second kappa shape index (κ2) is 8.33. The summed E-state index contributed by atoms with van der Waals surface area (Å²) >= 11 is 1.60. The number of benzene rings is 2. The zero-order valence-electron chi connectivity index (χ0n) is 13.2. The molecule has 1 aromatic heterocycles. The Morgan fingerprint density at radius 2 is 1.92 bits per heavy atom. The number of carbonyl (C=O) groups excluding carboxylic acids is 1. The van der Waals surface area contributed by atoms with Crippen molar-refractivity contribution in [1.82, 2.24) is 10.2 Å². The number of carbonyl (C=O) groups is 1. The third-order valence-corrected chi connectivity index (χ3v) is 4.83. The number of alkyl halides is 2. The van der Waals surface area contributed by atoms with Crippen LogP contribution in [-0.2, 0) is 6.42 Å². The molecule has 0 unspecified atom stereocenters. The van der Waals surface area contributed by atoms with Crippen molar-refractivity contribution in [2.75, 3.05) is 5.32 Å². The Morgan fingerprint density at radius 1 is 1.15 bits per heavy atom. The summed E-state index contributed by atoms with van der Waals surface area (Å²) in [5.41, 5.74) is 1.08. The Bertz CT molecular complexity index is 900. The fourth-order valence-electron chi connectivity index (χ4n) is 2.15. The van der Waals surface area contributed by atoms with E-state index in [-0.39, 0.29) is 5.82 Å². The molecule has 0 aliphatic heterocycles. The SMILES string of the molecule is O=C(Nc1nnc(Cc2cccc(F)c2)s1)c1ccc(SC(F)F)cc1. The molecule has 3 aromatic rings. The van der Waals surface area contributed by atoms with Crippen molar-refractivity contribution in [3.8, 4) is 0 Å². The van der Waals surface area contributed by atoms with Crippen molar-refractivity contribution in [3.05, 3.63) is 70.5 Å². The van der Waals surface area contributed by atoms with E-state index in [1.54, 1.807) is 12.1 Å². The number of amides is 1. The Labute approximate surface area is 155 Å². The zero-order chi connectivity index (χ0) is 18.5. The maximum Gasteiger partial charge on any atom is 0.288 e. The zero-order valence-corrected chi connectivity index (χ0v) is 14.8. The Kier molecular flexibility index (Phi) is 5.89. The summed E-state index contributed by atoms with van der Waals surface area (Å²) in [5.74, 6) is -3.24. The Hall–Kier alpha value is -2.39. The van der Waals surface area contributed by atoms with Crippen LogP contribution in [-0.4, -0.2) is 21.9 Å². The van der Waals surface area contributed by atoms with E-state index in [9.17, 15) is 18.0 Å². The number of aromatic nitrogens is 2. The van der Waals surface area contributed by atoms with Crippen molar-refractivity contribution < 1.29 is 18.0 Å². The molecule has 0 saturated carbocycles. The highest BCUT2D eigenvalue weighted by molar-refractivity contribution is 7.99. The van der Waals surface area contributed by atoms with Crippen molar-refractivity contribution in [3.63, 3.8) is 0 Å². The van der Waals surface area contributed by atoms with Crippen LogP contribution in [0.4, 0.5) is 18.3 Å². The number of halogens is 3. The molecule has 1 amide bonds. The lowest BCUT2D eigenvalue weighted by atomic mass is 10.1. The molecule has 4 nitrogen and oxygen atoms in total. The molecule has 0 saturated heterocycles. The van der Waals surface area contributed by atoms with Gasteiger partial charge >= 0.3 is 0 Å². The molecule has 1 heterocycles. The minimum absolute atomic E-state index is 0.312. The number of rotatable bonds is 6. The van der Waals surface area contributed by atoms with E-state index in [2.05, 4.69) is 15.5 Å². The van der Waals surface area contributed by atoms with Crippen LogP contribution in [0.3, 0.4) is 0 Å². The quantitative estimate of drug-likeness (QED) is 0.607. The second-order valence-corrected chi connectivity index (χ2v) is 7.29. The molecule has 0 atom stereocenters. The summed E-state index contributed by atoms with van der Waals surface area (Å²) in [7, 11) is 0. The summed E-state index contributed by atoms with van der Waals surface area (Å²) in [6.45, 7) is 0. The van der Waals surface area contributed by atoms with Gasteiger partial charge in [0, 0.05) is 16.9 Å². The van der Waals surface area contributed by atoms with Crippen LogP contribution in [0.5, 0.6) is 0 Å². The molecule has 134 valence electrons. The topological polar surface area (TPSA) is 54.9 Å². The van der Waals surface area contributed by atoms with E-state index in [1.807, 2.05) is 0 Å². The number of hydrogen-bond acceptors (Lipinski definition) is 5. The maximum atomic E-state index is 13.2. The highest BCUT2D eigenvalue weighted by Gasteiger charge is 2.12. The predicted molar refractivity (Wildman–Crippen MR) is 95.4 cm³/mol. The van der Waals surface area contributed by atoms with E-state index in [0.29, 0.717) is 38.8 Å². The average molecular weight is 395 g/mol. The number of nitrogens with zero attached hydrogens (tertiary/aromatic N) is 2. The summed E-state index contributed by atoms with van der Waals surface area (Å²) in [4.78, 5) is 12.6. The van der Waals surface area contributed by atoms with Gasteiger partial charge in [-0.1, -0.05) is 35.2 Å². The Balaban J connectivity index is 1.62. The van der Waals surface area contributed by atoms with Crippen molar-refractivity contribution >= 4 is 34.1 Å². The number of nitrogens with one attached hydrogen (secondary N) is 1. The van der Waals surface area contributed by atoms with E-state index in [4.69, 9.17) is 0 Å². The van der Waals surface area contributed by atoms with E-state index in [1.165, 1.54) is 47.7 Å². The van der Waals surface area contributed by atoms with Gasteiger partial charge in [-0.3, -0.25) is 10.1 Å². The normalized spacial score (nSPS) is 10.9. The first-order valence-electron chi connectivity index (χ1n) is 7.42. The predicted octanol–water partition coefficient (Wildman–Crippen LogP) is 4.84. The molecule has 0 aliphatic carbocycles. The lowest BCUT2D eigenvalue weighted by Gasteiger charge is -2.03. The third-order valence-electron chi connectivity index (χ3n) is 3.27. The summed E-state index contributed by atoms with van der Waals surface area (Å²) in [6.07, 6.45) is 0.408. The molecule has 0 radical (unpaired) electrons. The van der Waals surface area contributed by atoms with Gasteiger partial charge in [-0.15, -0.1) is 10.2 Å². The molecule has 2 aromatic carbocycles. The molecule has 0 bridgehead atoms. The lowest BCUT2D eigenvalue weighted by Crippen LogP contribution is -2.11. The van der Waals surface area contributed by atoms with Crippen LogP contribution in [0.25, 0.3) is 0 Å². The minimum atomic E-state index is -2.51. The smallest absolute Gasteiger partial charge is 0.288 e. The summed E-state index contributed by atoms with van der Waals surface area (Å²) in [6, 6.07) is 12.0. The fourth-order valence-corrected chi connectivity index (χ4v) is 3.42. The van der Waals surface area contributed by atoms with Crippen LogP contribution in [0.2, 0.25) is 0 Å². The van der Waals surface area contributed by atoms with Gasteiger partial charge < -0.3 is 0 Å². The van der Waals surface area contributed by atoms with Crippen molar-refractivity contribution in [2.45, 2.75) is 17.1 Å². The van der Waals surface area contributed by atoms with E-state index < -0.39 is 11.7 Å². The van der Waals surface area contributed by atoms with Crippen molar-refractivity contribution in [1.29, 1.82) is 0 Å². The van der Waals surface area contributed by atoms with Gasteiger partial charge in [0.15, 0.2) is 0 Å². The van der Waals surface area contributed by atoms with Gasteiger partial charge in [0.25, 0.3) is 11.7 Å². The standard InChI is InChI=1S/C17H12F3N3OS2/c18-12-3-1-2-10(8-12)9-14-22-23-17(26-14)21-15(24)11-4-6-13(7-5-11)25-16(19)20/h1-8,16H,9H2,(H,21,23,24). The highest BCUT2D eigenvalue weighted by Crippen LogP contribution is 2.25.